The molecule has 1 aromatic rings. The van der Waals surface area contributed by atoms with Gasteiger partial charge in [0.25, 0.3) is 9.05 Å². The van der Waals surface area contributed by atoms with Crippen LogP contribution in [0.25, 0.3) is 0 Å². The van der Waals surface area contributed by atoms with Gasteiger partial charge in [-0.15, -0.1) is 0 Å². The van der Waals surface area contributed by atoms with E-state index >= 15 is 0 Å². The third-order valence-corrected chi connectivity index (χ3v) is 4.73. The molecule has 4 nitrogen and oxygen atoms in total. The van der Waals surface area contributed by atoms with E-state index in [1.807, 2.05) is 0 Å². The molecule has 0 aromatic heterocycles. The van der Waals surface area contributed by atoms with E-state index in [1.54, 1.807) is 13.0 Å². The van der Waals surface area contributed by atoms with Gasteiger partial charge in [-0.05, 0) is 43.5 Å². The Kier molecular flexibility index (Phi) is 6.68. The van der Waals surface area contributed by atoms with Crippen molar-refractivity contribution in [3.8, 4) is 0 Å². The molecule has 1 N–H and O–H groups in total. The minimum Gasteiger partial charge on any atom is -0.326 e. The lowest BCUT2D eigenvalue weighted by molar-refractivity contribution is -0.120. The molecule has 0 aliphatic rings. The molecule has 0 spiro atoms. The summed E-state index contributed by atoms with van der Waals surface area (Å²) in [6.07, 6.45) is 3.63. The largest absolute Gasteiger partial charge is 0.326 e. The van der Waals surface area contributed by atoms with Crippen LogP contribution in [0, 0.1) is 12.8 Å². The standard InChI is InChI=1S/C15H22ClNO3S/c1-4-6-12(7-5-2)15(18)17-14-9-8-13(10-11(14)3)21(16,19)20/h8-10,12H,4-7H2,1-3H3,(H,17,18). The fourth-order valence-corrected chi connectivity index (χ4v) is 3.10. The van der Waals surface area contributed by atoms with Crippen LogP contribution in [-0.4, -0.2) is 14.3 Å². The number of amides is 1. The molecule has 0 bridgehead atoms. The van der Waals surface area contributed by atoms with Crippen LogP contribution in [0.4, 0.5) is 5.69 Å². The predicted molar refractivity (Wildman–Crippen MR) is 86.2 cm³/mol. The molecule has 0 heterocycles. The number of hydrogen-bond donors (Lipinski definition) is 1. The molecule has 118 valence electrons. The highest BCUT2D eigenvalue weighted by Crippen LogP contribution is 2.23. The summed E-state index contributed by atoms with van der Waals surface area (Å²) in [7, 11) is 1.56. The van der Waals surface area contributed by atoms with Crippen molar-refractivity contribution >= 4 is 31.3 Å². The maximum absolute atomic E-state index is 12.3. The van der Waals surface area contributed by atoms with Crippen LogP contribution in [0.15, 0.2) is 23.1 Å². The molecule has 21 heavy (non-hydrogen) atoms. The van der Waals surface area contributed by atoms with Gasteiger partial charge in [-0.1, -0.05) is 26.7 Å². The normalized spacial score (nSPS) is 11.7. The molecule has 0 unspecified atom stereocenters. The van der Waals surface area contributed by atoms with Crippen LogP contribution in [0.3, 0.4) is 0 Å². The van der Waals surface area contributed by atoms with Gasteiger partial charge < -0.3 is 5.32 Å². The quantitative estimate of drug-likeness (QED) is 0.766. The van der Waals surface area contributed by atoms with Crippen LogP contribution in [0.1, 0.15) is 45.1 Å². The maximum atomic E-state index is 12.3. The Hall–Kier alpha value is -1.07. The third-order valence-electron chi connectivity index (χ3n) is 3.38. The highest BCUT2D eigenvalue weighted by Gasteiger charge is 2.18. The zero-order valence-electron chi connectivity index (χ0n) is 12.6. The minimum atomic E-state index is -3.74. The van der Waals surface area contributed by atoms with E-state index in [1.165, 1.54) is 12.1 Å². The first-order valence-corrected chi connectivity index (χ1v) is 9.46. The van der Waals surface area contributed by atoms with Gasteiger partial charge in [0.15, 0.2) is 0 Å². The van der Waals surface area contributed by atoms with Gasteiger partial charge in [0.1, 0.15) is 0 Å². The highest BCUT2D eigenvalue weighted by molar-refractivity contribution is 8.13. The van der Waals surface area contributed by atoms with Crippen molar-refractivity contribution in [1.82, 2.24) is 0 Å². The molecule has 0 aliphatic heterocycles. The topological polar surface area (TPSA) is 63.2 Å². The smallest absolute Gasteiger partial charge is 0.261 e. The molecule has 0 saturated heterocycles. The Bertz CT molecular complexity index is 593. The number of benzene rings is 1. The number of carbonyl (C=O) groups is 1. The molecule has 0 radical (unpaired) electrons. The molecule has 0 saturated carbocycles. The van der Waals surface area contributed by atoms with Crippen LogP contribution in [0.2, 0.25) is 0 Å². The van der Waals surface area contributed by atoms with Gasteiger partial charge in [-0.25, -0.2) is 8.42 Å². The third kappa shape index (κ3) is 5.32. The first-order valence-electron chi connectivity index (χ1n) is 7.15. The summed E-state index contributed by atoms with van der Waals surface area (Å²) in [6, 6.07) is 4.45. The van der Waals surface area contributed by atoms with E-state index in [0.717, 1.165) is 25.7 Å². The van der Waals surface area contributed by atoms with E-state index in [4.69, 9.17) is 10.7 Å². The number of rotatable bonds is 7. The summed E-state index contributed by atoms with van der Waals surface area (Å²) >= 11 is 0. The second kappa shape index (κ2) is 7.80. The van der Waals surface area contributed by atoms with Gasteiger partial charge in [0.05, 0.1) is 4.90 Å². The Morgan fingerprint density at radius 2 is 1.81 bits per heavy atom. The van der Waals surface area contributed by atoms with Gasteiger partial charge in [0.2, 0.25) is 5.91 Å². The molecule has 6 heteroatoms. The summed E-state index contributed by atoms with van der Waals surface area (Å²) in [4.78, 5) is 12.3. The highest BCUT2D eigenvalue weighted by atomic mass is 35.7. The molecule has 1 aromatic carbocycles. The van der Waals surface area contributed by atoms with Crippen LogP contribution < -0.4 is 5.32 Å². The molecule has 0 atom stereocenters. The van der Waals surface area contributed by atoms with E-state index in [0.29, 0.717) is 11.3 Å². The zero-order chi connectivity index (χ0) is 16.0. The number of hydrogen-bond acceptors (Lipinski definition) is 3. The lowest BCUT2D eigenvalue weighted by Gasteiger charge is -2.16. The molecular weight excluding hydrogens is 310 g/mol. The number of aryl methyl sites for hydroxylation is 1. The Balaban J connectivity index is 2.90. The zero-order valence-corrected chi connectivity index (χ0v) is 14.2. The number of nitrogens with one attached hydrogen (secondary N) is 1. The molecule has 1 amide bonds. The first-order chi connectivity index (χ1) is 9.79. The van der Waals surface area contributed by atoms with E-state index < -0.39 is 9.05 Å². The monoisotopic (exact) mass is 331 g/mol. The summed E-state index contributed by atoms with van der Waals surface area (Å²) in [5.74, 6) is -0.0147. The first kappa shape index (κ1) is 18.0. The van der Waals surface area contributed by atoms with Crippen molar-refractivity contribution < 1.29 is 13.2 Å². The number of anilines is 1. The van der Waals surface area contributed by atoms with Gasteiger partial charge in [0, 0.05) is 22.3 Å². The maximum Gasteiger partial charge on any atom is 0.261 e. The fourth-order valence-electron chi connectivity index (χ4n) is 2.27. The average molecular weight is 332 g/mol. The van der Waals surface area contributed by atoms with E-state index in [2.05, 4.69) is 19.2 Å². The average Bonchev–Trinajstić information content (AvgIpc) is 2.39. The molecular formula is C15H22ClNO3S. The van der Waals surface area contributed by atoms with Crippen molar-refractivity contribution in [3.05, 3.63) is 23.8 Å². The summed E-state index contributed by atoms with van der Waals surface area (Å²) in [5, 5.41) is 2.88. The van der Waals surface area contributed by atoms with E-state index in [-0.39, 0.29) is 16.7 Å². The summed E-state index contributed by atoms with van der Waals surface area (Å²) in [5.41, 5.74) is 1.30. The summed E-state index contributed by atoms with van der Waals surface area (Å²) in [6.45, 7) is 5.86. The van der Waals surface area contributed by atoms with Crippen LogP contribution in [-0.2, 0) is 13.8 Å². The Morgan fingerprint density at radius 3 is 2.24 bits per heavy atom. The lowest BCUT2D eigenvalue weighted by Crippen LogP contribution is -2.23. The molecule has 0 aliphatic carbocycles. The van der Waals surface area contributed by atoms with E-state index in [9.17, 15) is 13.2 Å². The van der Waals surface area contributed by atoms with Crippen molar-refractivity contribution in [2.45, 2.75) is 51.3 Å². The Labute approximate surface area is 131 Å². The molecule has 1 rings (SSSR count). The van der Waals surface area contributed by atoms with Gasteiger partial charge in [-0.3, -0.25) is 4.79 Å². The lowest BCUT2D eigenvalue weighted by atomic mass is 9.97. The van der Waals surface area contributed by atoms with Gasteiger partial charge in [-0.2, -0.15) is 0 Å². The fraction of sp³-hybridized carbons (Fsp3) is 0.533. The predicted octanol–water partition coefficient (Wildman–Crippen LogP) is 4.08. The SMILES string of the molecule is CCCC(CCC)C(=O)Nc1ccc(S(=O)(=O)Cl)cc1C. The van der Waals surface area contributed by atoms with Crippen LogP contribution >= 0.6 is 10.7 Å². The minimum absolute atomic E-state index is 0.00386. The summed E-state index contributed by atoms with van der Waals surface area (Å²) < 4.78 is 22.6. The van der Waals surface area contributed by atoms with Gasteiger partial charge >= 0.3 is 0 Å². The number of carbonyl (C=O) groups excluding carboxylic acids is 1. The number of halogens is 1. The van der Waals surface area contributed by atoms with Crippen molar-refractivity contribution in [1.29, 1.82) is 0 Å². The van der Waals surface area contributed by atoms with Crippen molar-refractivity contribution in [2.24, 2.45) is 5.92 Å². The second-order valence-electron chi connectivity index (χ2n) is 5.18. The van der Waals surface area contributed by atoms with Crippen molar-refractivity contribution in [3.63, 3.8) is 0 Å². The molecule has 0 fully saturated rings. The second-order valence-corrected chi connectivity index (χ2v) is 7.74. The van der Waals surface area contributed by atoms with Crippen molar-refractivity contribution in [2.75, 3.05) is 5.32 Å². The van der Waals surface area contributed by atoms with Crippen LogP contribution in [0.5, 0.6) is 0 Å². The Morgan fingerprint density at radius 1 is 1.24 bits per heavy atom.